The summed E-state index contributed by atoms with van der Waals surface area (Å²) in [5.74, 6) is 0.333. The summed E-state index contributed by atoms with van der Waals surface area (Å²) in [6.07, 6.45) is -0.638. The lowest BCUT2D eigenvalue weighted by Gasteiger charge is -2.14. The predicted molar refractivity (Wildman–Crippen MR) is 73.5 cm³/mol. The van der Waals surface area contributed by atoms with Gasteiger partial charge >= 0.3 is 0 Å². The molecule has 4 nitrogen and oxygen atoms in total. The Bertz CT molecular complexity index is 419. The zero-order valence-corrected chi connectivity index (χ0v) is 12.3. The Hall–Kier alpha value is -1.07. The average Bonchev–Trinajstić information content (AvgIpc) is 2.25. The van der Waals surface area contributed by atoms with Crippen molar-refractivity contribution in [2.75, 3.05) is 6.61 Å². The van der Waals surface area contributed by atoms with E-state index in [1.165, 1.54) is 0 Å². The number of nitrogens with one attached hydrogen (secondary N) is 1. The molecule has 1 rings (SSSR count). The van der Waals surface area contributed by atoms with Gasteiger partial charge in [0.1, 0.15) is 5.75 Å². The van der Waals surface area contributed by atoms with Gasteiger partial charge in [-0.1, -0.05) is 22.0 Å². The Morgan fingerprint density at radius 2 is 2.11 bits per heavy atom. The van der Waals surface area contributed by atoms with Crippen molar-refractivity contribution in [3.05, 3.63) is 28.2 Å². The van der Waals surface area contributed by atoms with Crippen molar-refractivity contribution < 1.29 is 14.6 Å². The fraction of sp³-hybridized carbons (Fsp3) is 0.462. The van der Waals surface area contributed by atoms with Gasteiger partial charge in [-0.3, -0.25) is 4.79 Å². The second kappa shape index (κ2) is 6.75. The molecule has 0 aliphatic heterocycles. The summed E-state index contributed by atoms with van der Waals surface area (Å²) in [6.45, 7) is 5.37. The number of hydrogen-bond donors (Lipinski definition) is 2. The molecular weight excluding hydrogens is 298 g/mol. The van der Waals surface area contributed by atoms with E-state index in [0.29, 0.717) is 11.3 Å². The number of carbonyl (C=O) groups excluding carboxylic acids is 1. The first-order valence-corrected chi connectivity index (χ1v) is 6.59. The Kier molecular flexibility index (Phi) is 5.62. The van der Waals surface area contributed by atoms with Gasteiger partial charge in [0.2, 0.25) is 0 Å². The van der Waals surface area contributed by atoms with Crippen LogP contribution >= 0.6 is 15.9 Å². The first-order chi connectivity index (χ1) is 8.40. The maximum atomic E-state index is 11.5. The molecule has 1 atom stereocenters. The average molecular weight is 316 g/mol. The molecule has 1 unspecified atom stereocenters. The van der Waals surface area contributed by atoms with Crippen LogP contribution in [0.3, 0.4) is 0 Å². The highest BCUT2D eigenvalue weighted by Gasteiger charge is 2.11. The van der Waals surface area contributed by atoms with Gasteiger partial charge in [-0.2, -0.15) is 0 Å². The van der Waals surface area contributed by atoms with Crippen LogP contribution in [0.1, 0.15) is 32.4 Å². The van der Waals surface area contributed by atoms with E-state index in [0.717, 1.165) is 4.47 Å². The van der Waals surface area contributed by atoms with E-state index in [4.69, 9.17) is 4.74 Å². The molecular formula is C13H18BrNO3. The number of rotatable bonds is 5. The quantitative estimate of drug-likeness (QED) is 0.877. The highest BCUT2D eigenvalue weighted by atomic mass is 79.9. The van der Waals surface area contributed by atoms with Crippen molar-refractivity contribution in [2.24, 2.45) is 0 Å². The van der Waals surface area contributed by atoms with Gasteiger partial charge in [0.25, 0.3) is 5.91 Å². The van der Waals surface area contributed by atoms with Crippen molar-refractivity contribution in [3.63, 3.8) is 0 Å². The van der Waals surface area contributed by atoms with Gasteiger partial charge in [0, 0.05) is 16.1 Å². The van der Waals surface area contributed by atoms with Crippen LogP contribution < -0.4 is 10.1 Å². The minimum atomic E-state index is -0.638. The third-order valence-corrected chi connectivity index (χ3v) is 2.73. The molecule has 0 bridgehead atoms. The molecule has 1 aromatic carbocycles. The maximum Gasteiger partial charge on any atom is 0.258 e. The number of amides is 1. The minimum Gasteiger partial charge on any atom is -0.483 e. The summed E-state index contributed by atoms with van der Waals surface area (Å²) in [5, 5.41) is 12.3. The zero-order valence-electron chi connectivity index (χ0n) is 10.7. The van der Waals surface area contributed by atoms with Crippen molar-refractivity contribution >= 4 is 21.8 Å². The number of hydrogen-bond acceptors (Lipinski definition) is 3. The molecule has 1 amide bonds. The summed E-state index contributed by atoms with van der Waals surface area (Å²) >= 11 is 3.33. The number of benzene rings is 1. The highest BCUT2D eigenvalue weighted by Crippen LogP contribution is 2.28. The normalized spacial score (nSPS) is 12.3. The van der Waals surface area contributed by atoms with Gasteiger partial charge in [-0.05, 0) is 32.9 Å². The lowest BCUT2D eigenvalue weighted by Crippen LogP contribution is -2.34. The molecule has 0 fully saturated rings. The molecule has 100 valence electrons. The zero-order chi connectivity index (χ0) is 13.7. The molecule has 0 aromatic heterocycles. The van der Waals surface area contributed by atoms with Crippen LogP contribution in [0.15, 0.2) is 22.7 Å². The van der Waals surface area contributed by atoms with Crippen LogP contribution in [-0.2, 0) is 4.79 Å². The van der Waals surface area contributed by atoms with E-state index in [1.54, 1.807) is 19.1 Å². The molecule has 5 heteroatoms. The molecule has 0 aliphatic rings. The van der Waals surface area contributed by atoms with Gasteiger partial charge in [0.05, 0.1) is 6.10 Å². The smallest absolute Gasteiger partial charge is 0.258 e. The SMILES string of the molecule is CC(C)NC(=O)COc1cc(Br)ccc1C(C)O. The van der Waals surface area contributed by atoms with Crippen LogP contribution in [0.25, 0.3) is 0 Å². The molecule has 18 heavy (non-hydrogen) atoms. The Morgan fingerprint density at radius 1 is 1.44 bits per heavy atom. The predicted octanol–water partition coefficient (Wildman–Crippen LogP) is 2.41. The van der Waals surface area contributed by atoms with Crippen LogP contribution in [0, 0.1) is 0 Å². The van der Waals surface area contributed by atoms with Gasteiger partial charge < -0.3 is 15.2 Å². The fourth-order valence-corrected chi connectivity index (χ4v) is 1.83. The van der Waals surface area contributed by atoms with Crippen molar-refractivity contribution in [2.45, 2.75) is 32.9 Å². The molecule has 0 aliphatic carbocycles. The van der Waals surface area contributed by atoms with Gasteiger partial charge in [0.15, 0.2) is 6.61 Å². The number of aliphatic hydroxyl groups excluding tert-OH is 1. The molecule has 0 heterocycles. The third-order valence-electron chi connectivity index (χ3n) is 2.23. The molecule has 0 saturated heterocycles. The molecule has 1 aromatic rings. The largest absolute Gasteiger partial charge is 0.483 e. The standard InChI is InChI=1S/C13H18BrNO3/c1-8(2)15-13(17)7-18-12-6-10(14)4-5-11(12)9(3)16/h4-6,8-9,16H,7H2,1-3H3,(H,15,17). The van der Waals surface area contributed by atoms with E-state index in [9.17, 15) is 9.90 Å². The Morgan fingerprint density at radius 3 is 2.67 bits per heavy atom. The topological polar surface area (TPSA) is 58.6 Å². The number of halogens is 1. The van der Waals surface area contributed by atoms with Crippen molar-refractivity contribution in [3.8, 4) is 5.75 Å². The highest BCUT2D eigenvalue weighted by molar-refractivity contribution is 9.10. The first-order valence-electron chi connectivity index (χ1n) is 5.80. The molecule has 0 saturated carbocycles. The van der Waals surface area contributed by atoms with E-state index in [-0.39, 0.29) is 18.6 Å². The van der Waals surface area contributed by atoms with Crippen molar-refractivity contribution in [1.29, 1.82) is 0 Å². The number of carbonyl (C=O) groups is 1. The second-order valence-electron chi connectivity index (χ2n) is 4.37. The maximum absolute atomic E-state index is 11.5. The summed E-state index contributed by atoms with van der Waals surface area (Å²) < 4.78 is 6.28. The lowest BCUT2D eigenvalue weighted by molar-refractivity contribution is -0.123. The second-order valence-corrected chi connectivity index (χ2v) is 5.28. The van der Waals surface area contributed by atoms with Crippen LogP contribution in [-0.4, -0.2) is 23.7 Å². The molecule has 2 N–H and O–H groups in total. The number of ether oxygens (including phenoxy) is 1. The summed E-state index contributed by atoms with van der Waals surface area (Å²) in [6, 6.07) is 5.41. The van der Waals surface area contributed by atoms with E-state index < -0.39 is 6.10 Å². The number of aliphatic hydroxyl groups is 1. The van der Waals surface area contributed by atoms with E-state index in [2.05, 4.69) is 21.2 Å². The molecule has 0 spiro atoms. The van der Waals surface area contributed by atoms with Crippen LogP contribution in [0.4, 0.5) is 0 Å². The minimum absolute atomic E-state index is 0.0612. The third kappa shape index (κ3) is 4.66. The van der Waals surface area contributed by atoms with Crippen LogP contribution in [0.5, 0.6) is 5.75 Å². The monoisotopic (exact) mass is 315 g/mol. The van der Waals surface area contributed by atoms with Crippen molar-refractivity contribution in [1.82, 2.24) is 5.32 Å². The molecule has 0 radical (unpaired) electrons. The van der Waals surface area contributed by atoms with Crippen LogP contribution in [0.2, 0.25) is 0 Å². The lowest BCUT2D eigenvalue weighted by atomic mass is 10.1. The Labute approximate surface area is 115 Å². The fourth-order valence-electron chi connectivity index (χ4n) is 1.49. The summed E-state index contributed by atoms with van der Waals surface area (Å²) in [4.78, 5) is 11.5. The van der Waals surface area contributed by atoms with Gasteiger partial charge in [-0.25, -0.2) is 0 Å². The van der Waals surface area contributed by atoms with E-state index >= 15 is 0 Å². The Balaban J connectivity index is 2.71. The summed E-state index contributed by atoms with van der Waals surface area (Å²) in [5.41, 5.74) is 0.663. The summed E-state index contributed by atoms with van der Waals surface area (Å²) in [7, 11) is 0. The van der Waals surface area contributed by atoms with Gasteiger partial charge in [-0.15, -0.1) is 0 Å². The van der Waals surface area contributed by atoms with E-state index in [1.807, 2.05) is 19.9 Å². The first kappa shape index (κ1) is 15.0.